The van der Waals surface area contributed by atoms with Crippen LogP contribution in [0.4, 0.5) is 0 Å². The molecule has 1 saturated carbocycles. The molecule has 1 aliphatic heterocycles. The van der Waals surface area contributed by atoms with Crippen molar-refractivity contribution < 1.29 is 14.7 Å². The maximum absolute atomic E-state index is 12.7. The van der Waals surface area contributed by atoms with Gasteiger partial charge in [0.15, 0.2) is 6.10 Å². The molecule has 0 aromatic heterocycles. The number of carbonyl (C=O) groups excluding carboxylic acids is 2. The minimum atomic E-state index is -1.13. The average Bonchev–Trinajstić information content (AvgIpc) is 2.94. The van der Waals surface area contributed by atoms with Crippen LogP contribution in [0.5, 0.6) is 0 Å². The van der Waals surface area contributed by atoms with Gasteiger partial charge in [-0.3, -0.25) is 9.59 Å². The van der Waals surface area contributed by atoms with E-state index in [9.17, 15) is 14.7 Å². The van der Waals surface area contributed by atoms with Gasteiger partial charge in [0.05, 0.1) is 6.04 Å². The largest absolute Gasteiger partial charge is 0.381 e. The Kier molecular flexibility index (Phi) is 5.48. The highest BCUT2D eigenvalue weighted by Gasteiger charge is 2.40. The zero-order valence-electron chi connectivity index (χ0n) is 14.1. The molecule has 1 heterocycles. The Morgan fingerprint density at radius 3 is 2.32 bits per heavy atom. The van der Waals surface area contributed by atoms with Gasteiger partial charge in [0.1, 0.15) is 0 Å². The van der Waals surface area contributed by atoms with Crippen LogP contribution in [0.1, 0.15) is 65.7 Å². The fraction of sp³-hybridized carbons (Fsp3) is 0.882. The molecule has 5 nitrogen and oxygen atoms in total. The summed E-state index contributed by atoms with van der Waals surface area (Å²) in [5.41, 5.74) is -0.380. The Balaban J connectivity index is 2.00. The van der Waals surface area contributed by atoms with Crippen LogP contribution in [-0.4, -0.2) is 46.1 Å². The monoisotopic (exact) mass is 310 g/mol. The van der Waals surface area contributed by atoms with Crippen molar-refractivity contribution in [2.75, 3.05) is 6.54 Å². The summed E-state index contributed by atoms with van der Waals surface area (Å²) in [7, 11) is 0. The Labute approximate surface area is 133 Å². The van der Waals surface area contributed by atoms with Crippen molar-refractivity contribution in [2.45, 2.75) is 83.4 Å². The van der Waals surface area contributed by atoms with Crippen LogP contribution in [0, 0.1) is 5.92 Å². The van der Waals surface area contributed by atoms with Gasteiger partial charge in [-0.15, -0.1) is 0 Å². The van der Waals surface area contributed by atoms with E-state index in [0.29, 0.717) is 13.0 Å². The lowest BCUT2D eigenvalue weighted by Crippen LogP contribution is -2.54. The molecule has 2 aliphatic rings. The summed E-state index contributed by atoms with van der Waals surface area (Å²) in [6, 6.07) is -0.364. The first-order valence-corrected chi connectivity index (χ1v) is 8.60. The molecule has 5 heteroatoms. The van der Waals surface area contributed by atoms with Gasteiger partial charge in [0.25, 0.3) is 5.91 Å². The van der Waals surface area contributed by atoms with Crippen LogP contribution in [0.3, 0.4) is 0 Å². The summed E-state index contributed by atoms with van der Waals surface area (Å²) in [4.78, 5) is 26.7. The second kappa shape index (κ2) is 6.99. The fourth-order valence-corrected chi connectivity index (χ4v) is 3.60. The number of aliphatic hydroxyl groups is 1. The lowest BCUT2D eigenvalue weighted by atomic mass is 9.88. The third-order valence-corrected chi connectivity index (χ3v) is 4.67. The molecule has 0 spiro atoms. The highest BCUT2D eigenvalue weighted by molar-refractivity contribution is 5.84. The topological polar surface area (TPSA) is 69.6 Å². The molecular weight excluding hydrogens is 280 g/mol. The van der Waals surface area contributed by atoms with Gasteiger partial charge >= 0.3 is 0 Å². The second-order valence-electron chi connectivity index (χ2n) is 7.76. The number of nitrogens with one attached hydrogen (secondary N) is 1. The normalized spacial score (nSPS) is 25.1. The summed E-state index contributed by atoms with van der Waals surface area (Å²) in [5.74, 6) is -0.141. The van der Waals surface area contributed by atoms with Crippen LogP contribution in [-0.2, 0) is 9.59 Å². The van der Waals surface area contributed by atoms with Crippen molar-refractivity contribution in [1.29, 1.82) is 0 Å². The van der Waals surface area contributed by atoms with E-state index < -0.39 is 6.10 Å². The third kappa shape index (κ3) is 4.22. The summed E-state index contributed by atoms with van der Waals surface area (Å²) in [6.45, 7) is 6.32. The van der Waals surface area contributed by atoms with E-state index >= 15 is 0 Å². The maximum Gasteiger partial charge on any atom is 0.251 e. The van der Waals surface area contributed by atoms with Gasteiger partial charge in [-0.25, -0.2) is 0 Å². The highest BCUT2D eigenvalue weighted by Crippen LogP contribution is 2.29. The molecule has 1 saturated heterocycles. The summed E-state index contributed by atoms with van der Waals surface area (Å²) < 4.78 is 0. The van der Waals surface area contributed by atoms with Crippen LogP contribution in [0.2, 0.25) is 0 Å². The predicted molar refractivity (Wildman–Crippen MR) is 85.2 cm³/mol. The van der Waals surface area contributed by atoms with E-state index in [1.165, 1.54) is 6.42 Å². The van der Waals surface area contributed by atoms with Crippen molar-refractivity contribution in [3.63, 3.8) is 0 Å². The first-order valence-electron chi connectivity index (χ1n) is 8.60. The molecule has 0 aromatic carbocycles. The molecular formula is C17H30N2O3. The number of hydrogen-bond donors (Lipinski definition) is 2. The summed E-state index contributed by atoms with van der Waals surface area (Å²) in [6.07, 6.45) is 5.78. The molecule has 2 amide bonds. The Hall–Kier alpha value is -1.10. The number of amides is 2. The minimum Gasteiger partial charge on any atom is -0.381 e. The molecule has 1 aliphatic carbocycles. The third-order valence-electron chi connectivity index (χ3n) is 4.67. The fourth-order valence-electron chi connectivity index (χ4n) is 3.60. The summed E-state index contributed by atoms with van der Waals surface area (Å²) >= 11 is 0. The standard InChI is InChI=1S/C17H30N2O3/c1-17(2,3)18-15(21)14(20)13-10-7-11-19(13)16(22)12-8-5-4-6-9-12/h12-14,20H,4-11H2,1-3H3,(H,18,21)/t13-,14?/m0/s1. The maximum atomic E-state index is 12.7. The van der Waals surface area contributed by atoms with Gasteiger partial charge < -0.3 is 15.3 Å². The Bertz CT molecular complexity index is 411. The molecule has 1 unspecified atom stereocenters. The molecule has 2 N–H and O–H groups in total. The minimum absolute atomic E-state index is 0.0900. The molecule has 2 atom stereocenters. The lowest BCUT2D eigenvalue weighted by Gasteiger charge is -2.33. The first kappa shape index (κ1) is 17.3. The van der Waals surface area contributed by atoms with Crippen molar-refractivity contribution in [1.82, 2.24) is 10.2 Å². The van der Waals surface area contributed by atoms with Crippen molar-refractivity contribution in [2.24, 2.45) is 5.92 Å². The van der Waals surface area contributed by atoms with Gasteiger partial charge in [-0.05, 0) is 46.5 Å². The first-order chi connectivity index (χ1) is 10.3. The average molecular weight is 310 g/mol. The number of hydrogen-bond acceptors (Lipinski definition) is 3. The molecule has 0 radical (unpaired) electrons. The summed E-state index contributed by atoms with van der Waals surface area (Å²) in [5, 5.41) is 13.2. The zero-order chi connectivity index (χ0) is 16.3. The smallest absolute Gasteiger partial charge is 0.251 e. The van der Waals surface area contributed by atoms with Crippen LogP contribution < -0.4 is 5.32 Å². The quantitative estimate of drug-likeness (QED) is 0.835. The zero-order valence-corrected chi connectivity index (χ0v) is 14.1. The van der Waals surface area contributed by atoms with Gasteiger partial charge in [0, 0.05) is 18.0 Å². The van der Waals surface area contributed by atoms with Gasteiger partial charge in [-0.2, -0.15) is 0 Å². The number of carbonyl (C=O) groups is 2. The molecule has 2 rings (SSSR count). The van der Waals surface area contributed by atoms with E-state index in [1.54, 1.807) is 4.90 Å². The van der Waals surface area contributed by atoms with E-state index in [1.807, 2.05) is 20.8 Å². The second-order valence-corrected chi connectivity index (χ2v) is 7.76. The van der Waals surface area contributed by atoms with Crippen molar-refractivity contribution in [3.8, 4) is 0 Å². The van der Waals surface area contributed by atoms with E-state index in [0.717, 1.165) is 32.1 Å². The van der Waals surface area contributed by atoms with E-state index in [4.69, 9.17) is 0 Å². The Morgan fingerprint density at radius 1 is 1.09 bits per heavy atom. The van der Waals surface area contributed by atoms with E-state index in [-0.39, 0.29) is 29.3 Å². The van der Waals surface area contributed by atoms with Crippen LogP contribution in [0.25, 0.3) is 0 Å². The highest BCUT2D eigenvalue weighted by atomic mass is 16.3. The van der Waals surface area contributed by atoms with E-state index in [2.05, 4.69) is 5.32 Å². The molecule has 126 valence electrons. The SMILES string of the molecule is CC(C)(C)NC(=O)C(O)[C@@H]1CCCN1C(=O)C1CCCCC1. The van der Waals surface area contributed by atoms with Crippen molar-refractivity contribution in [3.05, 3.63) is 0 Å². The van der Waals surface area contributed by atoms with Crippen LogP contribution >= 0.6 is 0 Å². The van der Waals surface area contributed by atoms with Gasteiger partial charge in [-0.1, -0.05) is 19.3 Å². The number of nitrogens with zero attached hydrogens (tertiary/aromatic N) is 1. The predicted octanol–water partition coefficient (Wildman–Crippen LogP) is 1.83. The number of likely N-dealkylation sites (tertiary alicyclic amines) is 1. The van der Waals surface area contributed by atoms with Crippen molar-refractivity contribution >= 4 is 11.8 Å². The molecule has 0 aromatic rings. The molecule has 22 heavy (non-hydrogen) atoms. The molecule has 0 bridgehead atoms. The van der Waals surface area contributed by atoms with Crippen LogP contribution in [0.15, 0.2) is 0 Å². The Morgan fingerprint density at radius 2 is 1.73 bits per heavy atom. The number of aliphatic hydroxyl groups excluding tert-OH is 1. The van der Waals surface area contributed by atoms with Gasteiger partial charge in [0.2, 0.25) is 5.91 Å². The molecule has 2 fully saturated rings. The lowest BCUT2D eigenvalue weighted by molar-refractivity contribution is -0.143. The number of rotatable bonds is 3.